The highest BCUT2D eigenvalue weighted by Crippen LogP contribution is 2.31. The smallest absolute Gasteiger partial charge is 0.184 e. The number of hydrogen-bond acceptors (Lipinski definition) is 5. The van der Waals surface area contributed by atoms with Crippen molar-refractivity contribution < 1.29 is 24.4 Å². The van der Waals surface area contributed by atoms with Crippen LogP contribution in [0.5, 0.6) is 0 Å². The Hall–Kier alpha value is -0.980. The molecular formula is C13H16O5. The topological polar surface area (TPSA) is 68.2 Å². The van der Waals surface area contributed by atoms with E-state index in [1.165, 1.54) is 0 Å². The fraction of sp³-hybridized carbons (Fsp3) is 0.538. The van der Waals surface area contributed by atoms with Gasteiger partial charge in [-0.05, 0) is 0 Å². The minimum atomic E-state index is -0.932. The summed E-state index contributed by atoms with van der Waals surface area (Å²) in [6.07, 6.45) is -3.22. The Labute approximate surface area is 105 Å². The summed E-state index contributed by atoms with van der Waals surface area (Å²) >= 11 is 0. The van der Waals surface area contributed by atoms with Crippen LogP contribution in [-0.4, -0.2) is 47.8 Å². The van der Waals surface area contributed by atoms with Gasteiger partial charge in [0, 0.05) is 5.56 Å². The molecule has 0 saturated carbocycles. The fourth-order valence-electron chi connectivity index (χ4n) is 2.31. The lowest BCUT2D eigenvalue weighted by atomic mass is 9.99. The van der Waals surface area contributed by atoms with Gasteiger partial charge in [0.2, 0.25) is 0 Å². The van der Waals surface area contributed by atoms with Crippen molar-refractivity contribution in [1.29, 1.82) is 0 Å². The number of aliphatic hydroxyl groups excluding tert-OH is 2. The minimum Gasteiger partial charge on any atom is -0.388 e. The molecule has 2 heterocycles. The van der Waals surface area contributed by atoms with Gasteiger partial charge >= 0.3 is 0 Å². The van der Waals surface area contributed by atoms with Crippen LogP contribution in [-0.2, 0) is 14.2 Å². The molecule has 0 unspecified atom stereocenters. The number of ether oxygens (including phenoxy) is 3. The second kappa shape index (κ2) is 4.95. The predicted molar refractivity (Wildman–Crippen MR) is 61.8 cm³/mol. The molecule has 0 bridgehead atoms. The van der Waals surface area contributed by atoms with E-state index in [2.05, 4.69) is 0 Å². The van der Waals surface area contributed by atoms with Crippen molar-refractivity contribution >= 4 is 0 Å². The normalized spacial score (nSPS) is 40.2. The summed E-state index contributed by atoms with van der Waals surface area (Å²) in [5, 5.41) is 19.5. The van der Waals surface area contributed by atoms with Crippen LogP contribution in [0.15, 0.2) is 30.3 Å². The first-order valence-corrected chi connectivity index (χ1v) is 6.05. The third-order valence-corrected chi connectivity index (χ3v) is 3.34. The summed E-state index contributed by atoms with van der Waals surface area (Å²) in [5.41, 5.74) is 0.892. The van der Waals surface area contributed by atoms with E-state index >= 15 is 0 Å². The Morgan fingerprint density at radius 2 is 1.78 bits per heavy atom. The van der Waals surface area contributed by atoms with E-state index in [1.807, 2.05) is 30.3 Å². The van der Waals surface area contributed by atoms with Crippen molar-refractivity contribution in [2.24, 2.45) is 0 Å². The van der Waals surface area contributed by atoms with Crippen LogP contribution in [0.2, 0.25) is 0 Å². The molecule has 18 heavy (non-hydrogen) atoms. The van der Waals surface area contributed by atoms with Gasteiger partial charge < -0.3 is 24.4 Å². The third kappa shape index (κ3) is 2.15. The summed E-state index contributed by atoms with van der Waals surface area (Å²) in [6, 6.07) is 9.51. The van der Waals surface area contributed by atoms with Gasteiger partial charge in [0.15, 0.2) is 6.29 Å². The maximum absolute atomic E-state index is 9.93. The molecule has 3 rings (SSSR count). The third-order valence-electron chi connectivity index (χ3n) is 3.34. The highest BCUT2D eigenvalue weighted by Gasteiger charge is 2.44. The second-order valence-corrected chi connectivity index (χ2v) is 4.61. The molecule has 2 aliphatic heterocycles. The molecule has 2 saturated heterocycles. The quantitative estimate of drug-likeness (QED) is 0.748. The molecule has 98 valence electrons. The van der Waals surface area contributed by atoms with Crippen molar-refractivity contribution in [1.82, 2.24) is 0 Å². The van der Waals surface area contributed by atoms with Crippen molar-refractivity contribution in [3.63, 3.8) is 0 Å². The molecule has 2 aliphatic rings. The van der Waals surface area contributed by atoms with Crippen molar-refractivity contribution in [2.75, 3.05) is 13.2 Å². The zero-order valence-corrected chi connectivity index (χ0v) is 9.81. The molecule has 5 heteroatoms. The Balaban J connectivity index is 1.75. The second-order valence-electron chi connectivity index (χ2n) is 4.61. The SMILES string of the molecule is O[C@H]1[C@@H]2O[C@H](c3ccccc3)OC[C@H]2OC[C@H]1O. The summed E-state index contributed by atoms with van der Waals surface area (Å²) < 4.78 is 16.7. The lowest BCUT2D eigenvalue weighted by molar-refractivity contribution is -0.314. The van der Waals surface area contributed by atoms with Gasteiger partial charge in [-0.1, -0.05) is 30.3 Å². The van der Waals surface area contributed by atoms with Crippen LogP contribution in [0.1, 0.15) is 11.9 Å². The first kappa shape index (κ1) is 12.1. The molecule has 1 aromatic rings. The predicted octanol–water partition coefficient (Wildman–Crippen LogP) is 0.221. The average molecular weight is 252 g/mol. The molecular weight excluding hydrogens is 236 g/mol. The van der Waals surface area contributed by atoms with Crippen LogP contribution < -0.4 is 0 Å². The van der Waals surface area contributed by atoms with E-state index < -0.39 is 24.6 Å². The van der Waals surface area contributed by atoms with Gasteiger partial charge in [0.1, 0.15) is 24.4 Å². The van der Waals surface area contributed by atoms with E-state index in [0.29, 0.717) is 6.61 Å². The number of benzene rings is 1. The Morgan fingerprint density at radius 3 is 2.56 bits per heavy atom. The maximum atomic E-state index is 9.93. The first-order valence-electron chi connectivity index (χ1n) is 6.05. The molecule has 5 atom stereocenters. The van der Waals surface area contributed by atoms with Crippen molar-refractivity contribution in [3.8, 4) is 0 Å². The van der Waals surface area contributed by atoms with Crippen molar-refractivity contribution in [3.05, 3.63) is 35.9 Å². The van der Waals surface area contributed by atoms with Crippen LogP contribution in [0.3, 0.4) is 0 Å². The highest BCUT2D eigenvalue weighted by molar-refractivity contribution is 5.16. The number of aliphatic hydroxyl groups is 2. The zero-order chi connectivity index (χ0) is 12.5. The van der Waals surface area contributed by atoms with E-state index in [9.17, 15) is 10.2 Å². The Bertz CT molecular complexity index is 394. The molecule has 0 aromatic heterocycles. The minimum absolute atomic E-state index is 0.116. The number of fused-ring (bicyclic) bond motifs is 1. The van der Waals surface area contributed by atoms with Gasteiger partial charge in [-0.15, -0.1) is 0 Å². The molecule has 0 aliphatic carbocycles. The van der Waals surface area contributed by atoms with E-state index in [0.717, 1.165) is 5.56 Å². The first-order chi connectivity index (χ1) is 8.75. The molecule has 1 aromatic carbocycles. The van der Waals surface area contributed by atoms with Crippen molar-refractivity contribution in [2.45, 2.75) is 30.7 Å². The van der Waals surface area contributed by atoms with Crippen LogP contribution in [0.25, 0.3) is 0 Å². The Morgan fingerprint density at radius 1 is 1.00 bits per heavy atom. The van der Waals surface area contributed by atoms with Gasteiger partial charge in [-0.3, -0.25) is 0 Å². The zero-order valence-electron chi connectivity index (χ0n) is 9.81. The monoisotopic (exact) mass is 252 g/mol. The standard InChI is InChI=1S/C13H16O5/c14-9-6-16-10-7-17-13(18-12(10)11(9)15)8-4-2-1-3-5-8/h1-5,9-15H,6-7H2/t9-,10-,11-,12-,13-/m1/s1. The molecule has 0 spiro atoms. The maximum Gasteiger partial charge on any atom is 0.184 e. The van der Waals surface area contributed by atoms with E-state index in [1.54, 1.807) is 0 Å². The summed E-state index contributed by atoms with van der Waals surface area (Å²) in [6.45, 7) is 0.471. The van der Waals surface area contributed by atoms with Crippen LogP contribution in [0.4, 0.5) is 0 Å². The number of hydrogen-bond donors (Lipinski definition) is 2. The summed E-state index contributed by atoms with van der Waals surface area (Å²) in [5.74, 6) is 0. The van der Waals surface area contributed by atoms with Crippen LogP contribution >= 0.6 is 0 Å². The largest absolute Gasteiger partial charge is 0.388 e. The molecule has 0 radical (unpaired) electrons. The highest BCUT2D eigenvalue weighted by atomic mass is 16.7. The molecule has 2 fully saturated rings. The molecule has 2 N–H and O–H groups in total. The summed E-state index contributed by atoms with van der Waals surface area (Å²) in [7, 11) is 0. The van der Waals surface area contributed by atoms with Gasteiger partial charge in [-0.25, -0.2) is 0 Å². The van der Waals surface area contributed by atoms with E-state index in [4.69, 9.17) is 14.2 Å². The fourth-order valence-corrected chi connectivity index (χ4v) is 2.31. The average Bonchev–Trinajstić information content (AvgIpc) is 2.44. The molecule has 5 nitrogen and oxygen atoms in total. The van der Waals surface area contributed by atoms with Gasteiger partial charge in [-0.2, -0.15) is 0 Å². The van der Waals surface area contributed by atoms with E-state index in [-0.39, 0.29) is 12.7 Å². The Kier molecular flexibility index (Phi) is 3.32. The van der Waals surface area contributed by atoms with Gasteiger partial charge in [0.05, 0.1) is 13.2 Å². The lowest BCUT2D eigenvalue weighted by Gasteiger charge is -2.43. The molecule has 0 amide bonds. The lowest BCUT2D eigenvalue weighted by Crippen LogP contribution is -2.58. The van der Waals surface area contributed by atoms with Crippen LogP contribution in [0, 0.1) is 0 Å². The summed E-state index contributed by atoms with van der Waals surface area (Å²) in [4.78, 5) is 0. The van der Waals surface area contributed by atoms with Gasteiger partial charge in [0.25, 0.3) is 0 Å². The number of rotatable bonds is 1.